The van der Waals surface area contributed by atoms with Gasteiger partial charge in [-0.1, -0.05) is 49.1 Å². The van der Waals surface area contributed by atoms with Crippen molar-refractivity contribution in [2.75, 3.05) is 61.1 Å². The molecule has 7 heterocycles. The lowest BCUT2D eigenvalue weighted by Gasteiger charge is -2.58. The number of methoxy groups -OCH3 is 3. The standard InChI is InChI=1S/C46H57BN3O9S/c1-8-41(54)22-27-23-43(39(52)56-6,36-29(13-17-49(24-27)25-41)30-19-28(60)11-12-33(30)47-36)32-20-31-34(21-35(32)55-5)48(4)46-44(31)15-18-50-16-10-14-42(9-2,37(44)50)38(58-26(3)51)45(46,59-46)40(53)57-7/h10-12,14,19-21,27,32,35,37-38,54,60H,8-9,13,15-18,22-25H2,1-7H3/t27-,32?,35?,37+,38-,41+,42-,43+,44-,45+,46+/m1/s1. The summed E-state index contributed by atoms with van der Waals surface area (Å²) in [5.74, 6) is -2.02. The fourth-order valence-corrected chi connectivity index (χ4v) is 14.7. The first-order chi connectivity index (χ1) is 28.7. The lowest BCUT2D eigenvalue weighted by Crippen LogP contribution is -2.73. The van der Waals surface area contributed by atoms with Crippen molar-refractivity contribution in [3.05, 3.63) is 64.8 Å². The Morgan fingerprint density at radius 1 is 1.05 bits per heavy atom. The Bertz CT molecular complexity index is 2210. The summed E-state index contributed by atoms with van der Waals surface area (Å²) in [5, 5.41) is 12.0. The minimum Gasteiger partial charge on any atom is -0.468 e. The van der Waals surface area contributed by atoms with Gasteiger partial charge in [-0.05, 0) is 85.9 Å². The minimum absolute atomic E-state index is 0.0413. The highest BCUT2D eigenvalue weighted by atomic mass is 32.1. The van der Waals surface area contributed by atoms with Gasteiger partial charge in [0.25, 0.3) is 5.60 Å². The van der Waals surface area contributed by atoms with Gasteiger partial charge < -0.3 is 33.7 Å². The summed E-state index contributed by atoms with van der Waals surface area (Å²) in [6.07, 6.45) is 10.6. The monoisotopic (exact) mass is 838 g/mol. The Kier molecular flexibility index (Phi) is 9.19. The molecule has 2 bridgehead atoms. The molecule has 12 nitrogen and oxygen atoms in total. The van der Waals surface area contributed by atoms with E-state index in [0.29, 0.717) is 51.6 Å². The highest BCUT2D eigenvalue weighted by molar-refractivity contribution is 7.80. The zero-order chi connectivity index (χ0) is 42.4. The Hall–Kier alpha value is -3.40. The van der Waals surface area contributed by atoms with E-state index in [0.717, 1.165) is 57.9 Å². The predicted octanol–water partition coefficient (Wildman–Crippen LogP) is 3.46. The first kappa shape index (κ1) is 40.7. The molecule has 2 aliphatic carbocycles. The Labute approximate surface area is 358 Å². The number of likely N-dealkylation sites (N-methyl/N-ethyl adjacent to an activating group) is 1. The quantitative estimate of drug-likeness (QED) is 0.104. The van der Waals surface area contributed by atoms with Crippen molar-refractivity contribution in [2.45, 2.75) is 99.4 Å². The van der Waals surface area contributed by atoms with E-state index >= 15 is 4.79 Å². The molecule has 1 radical (unpaired) electrons. The molecule has 0 amide bonds. The zero-order valence-electron chi connectivity index (χ0n) is 35.8. The molecule has 5 fully saturated rings. The number of nitrogens with zero attached hydrogens (tertiary/aromatic N) is 3. The normalized spacial score (nSPS) is 43.0. The van der Waals surface area contributed by atoms with Crippen LogP contribution in [0.3, 0.4) is 0 Å². The molecule has 14 heteroatoms. The van der Waals surface area contributed by atoms with Crippen molar-refractivity contribution < 1.29 is 43.2 Å². The maximum absolute atomic E-state index is 15.5. The molecule has 12 atom stereocenters. The summed E-state index contributed by atoms with van der Waals surface area (Å²) in [4.78, 5) is 50.9. The number of ether oxygens (including phenoxy) is 5. The molecule has 60 heavy (non-hydrogen) atoms. The van der Waals surface area contributed by atoms with Gasteiger partial charge in [-0.25, -0.2) is 4.79 Å². The molecular formula is C46H57BN3O9S. The van der Waals surface area contributed by atoms with Crippen LogP contribution < -0.4 is 5.46 Å². The van der Waals surface area contributed by atoms with Crippen molar-refractivity contribution >= 4 is 48.9 Å². The summed E-state index contributed by atoms with van der Waals surface area (Å²) in [6, 6.07) is 5.96. The molecule has 319 valence electrons. The predicted molar refractivity (Wildman–Crippen MR) is 226 cm³/mol. The third-order valence-corrected chi connectivity index (χ3v) is 16.9. The maximum atomic E-state index is 15.5. The number of fused-ring (bicyclic) bond motifs is 5. The van der Waals surface area contributed by atoms with Crippen LogP contribution >= 0.6 is 12.6 Å². The second kappa shape index (κ2) is 13.6. The number of allylic oxidation sites excluding steroid dienone is 1. The number of rotatable bonds is 7. The molecule has 1 N–H and O–H groups in total. The molecule has 1 saturated carbocycles. The lowest BCUT2D eigenvalue weighted by molar-refractivity contribution is -0.182. The molecule has 7 aliphatic heterocycles. The van der Waals surface area contributed by atoms with Gasteiger partial charge >= 0.3 is 17.9 Å². The van der Waals surface area contributed by atoms with Gasteiger partial charge in [0, 0.05) is 75.2 Å². The third-order valence-electron chi connectivity index (χ3n) is 16.6. The number of carbonyl (C=O) groups excluding carboxylic acids is 3. The van der Waals surface area contributed by atoms with E-state index in [1.807, 2.05) is 20.0 Å². The van der Waals surface area contributed by atoms with Gasteiger partial charge in [0.15, 0.2) is 19.1 Å². The molecule has 1 aromatic rings. The van der Waals surface area contributed by atoms with Gasteiger partial charge in [-0.3, -0.25) is 19.4 Å². The Morgan fingerprint density at radius 3 is 2.53 bits per heavy atom. The molecule has 1 aromatic carbocycles. The summed E-state index contributed by atoms with van der Waals surface area (Å²) >= 11 is 4.78. The van der Waals surface area contributed by atoms with E-state index in [1.165, 1.54) is 21.1 Å². The average molecular weight is 839 g/mol. The average Bonchev–Trinajstić information content (AvgIpc) is 3.49. The maximum Gasteiger partial charge on any atom is 0.347 e. The molecule has 0 aromatic heterocycles. The van der Waals surface area contributed by atoms with Crippen molar-refractivity contribution in [1.82, 2.24) is 14.7 Å². The minimum atomic E-state index is -1.64. The highest BCUT2D eigenvalue weighted by Gasteiger charge is 2.99. The first-order valence-electron chi connectivity index (χ1n) is 21.7. The number of piperidine rings is 1. The largest absolute Gasteiger partial charge is 0.468 e. The number of aliphatic hydroxyl groups is 1. The summed E-state index contributed by atoms with van der Waals surface area (Å²) in [6.45, 7) is 9.00. The number of epoxide rings is 1. The zero-order valence-corrected chi connectivity index (χ0v) is 36.7. The van der Waals surface area contributed by atoms with E-state index < -0.39 is 63.2 Å². The van der Waals surface area contributed by atoms with Gasteiger partial charge in [0.05, 0.1) is 36.8 Å². The van der Waals surface area contributed by atoms with E-state index in [2.05, 4.69) is 65.3 Å². The summed E-state index contributed by atoms with van der Waals surface area (Å²) < 4.78 is 31.7. The van der Waals surface area contributed by atoms with E-state index in [-0.39, 0.29) is 17.9 Å². The number of likely N-dealkylation sites (tertiary alicyclic amines) is 1. The molecule has 2 spiro atoms. The van der Waals surface area contributed by atoms with Crippen LogP contribution in [0, 0.1) is 28.1 Å². The number of hydrogen-bond acceptors (Lipinski definition) is 13. The molecular weight excluding hydrogens is 781 g/mol. The van der Waals surface area contributed by atoms with Crippen molar-refractivity contribution in [2.24, 2.45) is 28.1 Å². The second-order valence-corrected chi connectivity index (χ2v) is 19.5. The van der Waals surface area contributed by atoms with Crippen molar-refractivity contribution in [3.63, 3.8) is 0 Å². The number of hydrogen-bond donors (Lipinski definition) is 2. The summed E-state index contributed by atoms with van der Waals surface area (Å²) in [5.41, 5.74) is -0.680. The highest BCUT2D eigenvalue weighted by Crippen LogP contribution is 2.82. The number of carbonyl (C=O) groups is 3. The van der Waals surface area contributed by atoms with Crippen molar-refractivity contribution in [1.29, 1.82) is 0 Å². The third kappa shape index (κ3) is 4.81. The van der Waals surface area contributed by atoms with Gasteiger partial charge in [-0.15, -0.1) is 12.6 Å². The molecule has 3 unspecified atom stereocenters. The van der Waals surface area contributed by atoms with Crippen LogP contribution in [0.25, 0.3) is 5.57 Å². The SMILES string of the molecule is CC[C@]1(O)C[C@H]2CN(CCC3=C([B]c4ccc(S)cc43)[C@@](C(=O)OC)(C3C=C4C(=CC3OC)N(C)[C@@]35O[C@]3(C(=O)OC)[C@H](OC(C)=O)[C@]3(CC)C=CCN6CC[C@]45[C@@H]63)C2)C1. The smallest absolute Gasteiger partial charge is 0.347 e. The van der Waals surface area contributed by atoms with E-state index in [9.17, 15) is 14.7 Å². The Balaban J connectivity index is 1.24. The van der Waals surface area contributed by atoms with Crippen LogP contribution in [0.2, 0.25) is 0 Å². The van der Waals surface area contributed by atoms with Crippen LogP contribution in [0.4, 0.5) is 0 Å². The van der Waals surface area contributed by atoms with Gasteiger partial charge in [0.2, 0.25) is 0 Å². The van der Waals surface area contributed by atoms with Crippen LogP contribution in [-0.4, -0.2) is 141 Å². The second-order valence-electron chi connectivity index (χ2n) is 19.0. The van der Waals surface area contributed by atoms with Crippen LogP contribution in [0.1, 0.15) is 64.9 Å². The summed E-state index contributed by atoms with van der Waals surface area (Å²) in [7, 11) is 8.69. The fourth-order valence-electron chi connectivity index (χ4n) is 14.5. The molecule has 10 rings (SSSR count). The van der Waals surface area contributed by atoms with Gasteiger partial charge in [0.1, 0.15) is 0 Å². The van der Waals surface area contributed by atoms with Gasteiger partial charge in [-0.2, -0.15) is 0 Å². The number of esters is 3. The topological polar surface area (TPSA) is 131 Å². The molecule has 9 aliphatic rings. The first-order valence-corrected chi connectivity index (χ1v) is 22.2. The number of benzene rings is 1. The van der Waals surface area contributed by atoms with E-state index in [4.69, 9.17) is 36.3 Å². The fraction of sp³-hybridized carbons (Fsp3) is 0.630. The lowest BCUT2D eigenvalue weighted by atomic mass is 9.47. The molecule has 4 saturated heterocycles. The van der Waals surface area contributed by atoms with Crippen LogP contribution in [0.5, 0.6) is 0 Å². The van der Waals surface area contributed by atoms with Crippen LogP contribution in [0.15, 0.2) is 64.1 Å². The number of thiol groups is 1. The van der Waals surface area contributed by atoms with Crippen molar-refractivity contribution in [3.8, 4) is 0 Å². The van der Waals surface area contributed by atoms with Crippen LogP contribution in [-0.2, 0) is 38.1 Å². The Morgan fingerprint density at radius 2 is 1.83 bits per heavy atom. The van der Waals surface area contributed by atoms with E-state index in [1.54, 1.807) is 7.11 Å².